The third-order valence-corrected chi connectivity index (χ3v) is 5.29. The lowest BCUT2D eigenvalue weighted by Crippen LogP contribution is -2.25. The van der Waals surface area contributed by atoms with Gasteiger partial charge in [0.05, 0.1) is 18.4 Å². The summed E-state index contributed by atoms with van der Waals surface area (Å²) in [6, 6.07) is 15.7. The maximum absolute atomic E-state index is 12.1. The maximum atomic E-state index is 12.1. The number of sulfone groups is 1. The topological polar surface area (TPSA) is 89.5 Å². The van der Waals surface area contributed by atoms with E-state index in [1.54, 1.807) is 18.2 Å². The Morgan fingerprint density at radius 1 is 1.04 bits per heavy atom. The van der Waals surface area contributed by atoms with Crippen molar-refractivity contribution in [2.24, 2.45) is 0 Å². The Kier molecular flexibility index (Phi) is 6.91. The normalized spacial score (nSPS) is 11.0. The molecular formula is C19H21NO5S. The van der Waals surface area contributed by atoms with Crippen LogP contribution in [-0.4, -0.2) is 38.9 Å². The SMILES string of the molecule is COC(=O)c1cccc(NC(=O)CS(=O)(=O)CCCc2ccccc2)c1. The summed E-state index contributed by atoms with van der Waals surface area (Å²) < 4.78 is 28.8. The molecule has 0 fully saturated rings. The van der Waals surface area contributed by atoms with Crippen molar-refractivity contribution in [2.45, 2.75) is 12.8 Å². The van der Waals surface area contributed by atoms with Crippen molar-refractivity contribution in [3.63, 3.8) is 0 Å². The van der Waals surface area contributed by atoms with Crippen LogP contribution in [0.3, 0.4) is 0 Å². The highest BCUT2D eigenvalue weighted by Crippen LogP contribution is 2.12. The third kappa shape index (κ3) is 6.33. The minimum atomic E-state index is -3.51. The van der Waals surface area contributed by atoms with Gasteiger partial charge in [-0.1, -0.05) is 36.4 Å². The van der Waals surface area contributed by atoms with Crippen molar-refractivity contribution in [1.29, 1.82) is 0 Å². The van der Waals surface area contributed by atoms with Gasteiger partial charge in [0, 0.05) is 5.69 Å². The van der Waals surface area contributed by atoms with Crippen LogP contribution in [0.4, 0.5) is 5.69 Å². The van der Waals surface area contributed by atoms with Crippen molar-refractivity contribution < 1.29 is 22.7 Å². The molecule has 2 aromatic carbocycles. The van der Waals surface area contributed by atoms with Crippen LogP contribution in [0.5, 0.6) is 0 Å². The number of hydrogen-bond donors (Lipinski definition) is 1. The van der Waals surface area contributed by atoms with E-state index in [2.05, 4.69) is 10.1 Å². The van der Waals surface area contributed by atoms with Gasteiger partial charge in [-0.25, -0.2) is 13.2 Å². The van der Waals surface area contributed by atoms with Crippen molar-refractivity contribution in [3.05, 3.63) is 65.7 Å². The molecule has 0 heterocycles. The zero-order valence-corrected chi connectivity index (χ0v) is 15.3. The van der Waals surface area contributed by atoms with Crippen molar-refractivity contribution >= 4 is 27.4 Å². The standard InChI is InChI=1S/C19H21NO5S/c1-25-19(22)16-10-5-11-17(13-16)20-18(21)14-26(23,24)12-6-9-15-7-3-2-4-8-15/h2-5,7-8,10-11,13H,6,9,12,14H2,1H3,(H,20,21). The van der Waals surface area contributed by atoms with Crippen molar-refractivity contribution in [1.82, 2.24) is 0 Å². The summed E-state index contributed by atoms with van der Waals surface area (Å²) in [7, 11) is -2.25. The minimum Gasteiger partial charge on any atom is -0.465 e. The lowest BCUT2D eigenvalue weighted by Gasteiger charge is -2.08. The number of benzene rings is 2. The molecule has 6 nitrogen and oxygen atoms in total. The number of esters is 1. The molecule has 26 heavy (non-hydrogen) atoms. The number of anilines is 1. The van der Waals surface area contributed by atoms with Gasteiger partial charge >= 0.3 is 5.97 Å². The first kappa shape index (κ1) is 19.7. The quantitative estimate of drug-likeness (QED) is 0.716. The lowest BCUT2D eigenvalue weighted by molar-refractivity contribution is -0.113. The Balaban J connectivity index is 1.87. The van der Waals surface area contributed by atoms with E-state index >= 15 is 0 Å². The van der Waals surface area contributed by atoms with E-state index in [0.717, 1.165) is 5.56 Å². The number of aryl methyl sites for hydroxylation is 1. The fourth-order valence-corrected chi connectivity index (χ4v) is 3.65. The Hall–Kier alpha value is -2.67. The van der Waals surface area contributed by atoms with Gasteiger partial charge in [0.1, 0.15) is 5.75 Å². The van der Waals surface area contributed by atoms with Crippen LogP contribution in [0.25, 0.3) is 0 Å². The zero-order valence-electron chi connectivity index (χ0n) is 14.5. The van der Waals surface area contributed by atoms with Gasteiger partial charge in [-0.3, -0.25) is 4.79 Å². The first-order valence-corrected chi connectivity index (χ1v) is 9.94. The maximum Gasteiger partial charge on any atom is 0.337 e. The summed E-state index contributed by atoms with van der Waals surface area (Å²) in [5.74, 6) is -1.82. The molecule has 0 radical (unpaired) electrons. The number of carbonyl (C=O) groups is 2. The van der Waals surface area contributed by atoms with Crippen LogP contribution >= 0.6 is 0 Å². The highest BCUT2D eigenvalue weighted by Gasteiger charge is 2.17. The van der Waals surface area contributed by atoms with Crippen LogP contribution in [0.15, 0.2) is 54.6 Å². The van der Waals surface area contributed by atoms with E-state index in [4.69, 9.17) is 0 Å². The molecule has 0 bridgehead atoms. The second kappa shape index (κ2) is 9.15. The van der Waals surface area contributed by atoms with Gasteiger partial charge in [0.25, 0.3) is 0 Å². The highest BCUT2D eigenvalue weighted by atomic mass is 32.2. The molecule has 0 atom stereocenters. The lowest BCUT2D eigenvalue weighted by atomic mass is 10.1. The Morgan fingerprint density at radius 3 is 2.46 bits per heavy atom. The number of carbonyl (C=O) groups excluding carboxylic acids is 2. The minimum absolute atomic E-state index is 0.0580. The van der Waals surface area contributed by atoms with Crippen molar-refractivity contribution in [2.75, 3.05) is 23.9 Å². The first-order chi connectivity index (χ1) is 12.4. The van der Waals surface area contributed by atoms with E-state index in [-0.39, 0.29) is 11.3 Å². The summed E-state index contributed by atoms with van der Waals surface area (Å²) in [6.45, 7) is 0. The van der Waals surface area contributed by atoms with Gasteiger partial charge in [0.2, 0.25) is 5.91 Å². The average molecular weight is 375 g/mol. The molecule has 7 heteroatoms. The summed E-state index contributed by atoms with van der Waals surface area (Å²) in [5.41, 5.74) is 1.68. The van der Waals surface area contributed by atoms with Crippen LogP contribution in [0.1, 0.15) is 22.3 Å². The van der Waals surface area contributed by atoms with E-state index in [0.29, 0.717) is 18.5 Å². The van der Waals surface area contributed by atoms with Crippen LogP contribution in [0.2, 0.25) is 0 Å². The van der Waals surface area contributed by atoms with E-state index in [1.807, 2.05) is 30.3 Å². The monoisotopic (exact) mass is 375 g/mol. The number of rotatable bonds is 8. The molecule has 0 aliphatic carbocycles. The average Bonchev–Trinajstić information content (AvgIpc) is 2.61. The predicted octanol–water partition coefficient (Wildman–Crippen LogP) is 2.46. The molecule has 2 aromatic rings. The summed E-state index contributed by atoms with van der Waals surface area (Å²) >= 11 is 0. The number of ether oxygens (including phenoxy) is 1. The Labute approximate surface area is 153 Å². The second-order valence-electron chi connectivity index (χ2n) is 5.80. The summed E-state index contributed by atoms with van der Waals surface area (Å²) in [5, 5.41) is 2.50. The highest BCUT2D eigenvalue weighted by molar-refractivity contribution is 7.92. The van der Waals surface area contributed by atoms with Gasteiger partial charge < -0.3 is 10.1 Å². The molecule has 1 N–H and O–H groups in total. The van der Waals surface area contributed by atoms with Gasteiger partial charge in [-0.05, 0) is 36.6 Å². The Bertz CT molecular complexity index is 863. The molecule has 0 spiro atoms. The van der Waals surface area contributed by atoms with Crippen LogP contribution in [0, 0.1) is 0 Å². The molecule has 0 aliphatic rings. The summed E-state index contributed by atoms with van der Waals surface area (Å²) in [6.07, 6.45) is 1.10. The predicted molar refractivity (Wildman–Crippen MR) is 99.8 cm³/mol. The molecule has 1 amide bonds. The summed E-state index contributed by atoms with van der Waals surface area (Å²) in [4.78, 5) is 23.5. The molecule has 0 aliphatic heterocycles. The molecular weight excluding hydrogens is 354 g/mol. The molecule has 138 valence electrons. The molecule has 0 saturated carbocycles. The Morgan fingerprint density at radius 2 is 1.77 bits per heavy atom. The van der Waals surface area contributed by atoms with E-state index in [1.165, 1.54) is 13.2 Å². The molecule has 0 aromatic heterocycles. The van der Waals surface area contributed by atoms with Gasteiger partial charge in [-0.15, -0.1) is 0 Å². The fraction of sp³-hybridized carbons (Fsp3) is 0.263. The number of hydrogen-bond acceptors (Lipinski definition) is 5. The number of nitrogens with one attached hydrogen (secondary N) is 1. The smallest absolute Gasteiger partial charge is 0.337 e. The zero-order chi connectivity index (χ0) is 19.0. The second-order valence-corrected chi connectivity index (χ2v) is 7.99. The van der Waals surface area contributed by atoms with E-state index < -0.39 is 27.5 Å². The van der Waals surface area contributed by atoms with Crippen molar-refractivity contribution in [3.8, 4) is 0 Å². The third-order valence-electron chi connectivity index (χ3n) is 3.68. The van der Waals surface area contributed by atoms with Crippen LogP contribution in [-0.2, 0) is 25.8 Å². The number of amides is 1. The molecule has 0 unspecified atom stereocenters. The van der Waals surface area contributed by atoms with Crippen LogP contribution < -0.4 is 5.32 Å². The van der Waals surface area contributed by atoms with Gasteiger partial charge in [-0.2, -0.15) is 0 Å². The fourth-order valence-electron chi connectivity index (χ4n) is 2.45. The molecule has 2 rings (SSSR count). The molecule has 0 saturated heterocycles. The van der Waals surface area contributed by atoms with E-state index in [9.17, 15) is 18.0 Å². The largest absolute Gasteiger partial charge is 0.465 e. The number of methoxy groups -OCH3 is 1. The first-order valence-electron chi connectivity index (χ1n) is 8.12. The van der Waals surface area contributed by atoms with Gasteiger partial charge in [0.15, 0.2) is 9.84 Å².